The van der Waals surface area contributed by atoms with Gasteiger partial charge in [0, 0.05) is 19.5 Å². The summed E-state index contributed by atoms with van der Waals surface area (Å²) >= 11 is 6.28. The van der Waals surface area contributed by atoms with Gasteiger partial charge in [0.05, 0.1) is 11.1 Å². The molecule has 3 aromatic heterocycles. The van der Waals surface area contributed by atoms with Crippen molar-refractivity contribution in [2.24, 2.45) is 0 Å². The second kappa shape index (κ2) is 5.48. The molecule has 0 aliphatic rings. The van der Waals surface area contributed by atoms with E-state index >= 15 is 0 Å². The van der Waals surface area contributed by atoms with Crippen LogP contribution in [0.25, 0.3) is 11.2 Å². The highest BCUT2D eigenvalue weighted by Crippen LogP contribution is 2.26. The summed E-state index contributed by atoms with van der Waals surface area (Å²) in [7, 11) is 0. The van der Waals surface area contributed by atoms with Crippen LogP contribution in [-0.2, 0) is 19.5 Å². The number of aryl methyl sites for hydroxylation is 4. The van der Waals surface area contributed by atoms with Crippen molar-refractivity contribution in [2.45, 2.75) is 45.7 Å². The Balaban J connectivity index is 2.06. The summed E-state index contributed by atoms with van der Waals surface area (Å²) in [6, 6.07) is 0. The van der Waals surface area contributed by atoms with Gasteiger partial charge >= 0.3 is 0 Å². The van der Waals surface area contributed by atoms with Gasteiger partial charge in [0.15, 0.2) is 12.0 Å². The van der Waals surface area contributed by atoms with E-state index in [1.54, 1.807) is 0 Å². The van der Waals surface area contributed by atoms with Gasteiger partial charge in [-0.1, -0.05) is 5.16 Å². The van der Waals surface area contributed by atoms with Crippen molar-refractivity contribution in [3.8, 4) is 0 Å². The number of hydrogen-bond acceptors (Lipinski definition) is 5. The zero-order valence-electron chi connectivity index (χ0n) is 12.2. The number of imidazole rings is 1. The molecule has 8 heteroatoms. The molecule has 1 atom stereocenters. The van der Waals surface area contributed by atoms with Crippen LogP contribution >= 0.6 is 11.6 Å². The van der Waals surface area contributed by atoms with E-state index in [9.17, 15) is 0 Å². The lowest BCUT2D eigenvalue weighted by molar-refractivity contribution is 0.370. The van der Waals surface area contributed by atoms with Gasteiger partial charge in [0.25, 0.3) is 0 Å². The lowest BCUT2D eigenvalue weighted by atomic mass is 10.3. The van der Waals surface area contributed by atoms with Crippen molar-refractivity contribution in [1.82, 2.24) is 29.5 Å². The summed E-state index contributed by atoms with van der Waals surface area (Å²) in [4.78, 5) is 8.71. The first-order valence-corrected chi connectivity index (χ1v) is 7.38. The molecule has 0 saturated heterocycles. The predicted octanol–water partition coefficient (Wildman–Crippen LogP) is 2.49. The molecule has 0 N–H and O–H groups in total. The van der Waals surface area contributed by atoms with E-state index in [1.165, 1.54) is 6.33 Å². The van der Waals surface area contributed by atoms with Crippen molar-refractivity contribution in [3.05, 3.63) is 23.7 Å². The van der Waals surface area contributed by atoms with Crippen LogP contribution in [0, 0.1) is 6.92 Å². The fourth-order valence-corrected chi connectivity index (χ4v) is 2.67. The Morgan fingerprint density at radius 1 is 1.43 bits per heavy atom. The highest BCUT2D eigenvalue weighted by Gasteiger charge is 2.21. The van der Waals surface area contributed by atoms with E-state index in [1.807, 2.05) is 18.5 Å². The third kappa shape index (κ3) is 2.42. The van der Waals surface area contributed by atoms with Crippen LogP contribution in [0.15, 0.2) is 10.9 Å². The second-order valence-electron chi connectivity index (χ2n) is 4.90. The average Bonchev–Trinajstić information content (AvgIpc) is 3.13. The maximum Gasteiger partial charge on any atom is 0.228 e. The van der Waals surface area contributed by atoms with Crippen molar-refractivity contribution < 1.29 is 4.52 Å². The van der Waals surface area contributed by atoms with Crippen LogP contribution in [0.1, 0.15) is 36.6 Å². The van der Waals surface area contributed by atoms with Gasteiger partial charge in [-0.3, -0.25) is 0 Å². The standard InChI is InChI=1S/C13H17ClN6O/c1-4-20-13-11(9(3)18-20)17-12(8(2)14)19(13)6-5-10-15-7-16-21-10/h7-8H,4-6H2,1-3H3. The SMILES string of the molecule is CCn1nc(C)c2nc(C(C)Cl)n(CCc3ncno3)c21. The van der Waals surface area contributed by atoms with E-state index in [2.05, 4.69) is 31.7 Å². The zero-order chi connectivity index (χ0) is 15.0. The average molecular weight is 309 g/mol. The summed E-state index contributed by atoms with van der Waals surface area (Å²) in [6.07, 6.45) is 2.04. The van der Waals surface area contributed by atoms with E-state index < -0.39 is 0 Å². The van der Waals surface area contributed by atoms with Crippen molar-refractivity contribution >= 4 is 22.8 Å². The van der Waals surface area contributed by atoms with E-state index in [4.69, 9.17) is 16.1 Å². The Kier molecular flexibility index (Phi) is 3.67. The topological polar surface area (TPSA) is 74.6 Å². The minimum atomic E-state index is -0.176. The van der Waals surface area contributed by atoms with Crippen LogP contribution in [0.3, 0.4) is 0 Å². The van der Waals surface area contributed by atoms with Gasteiger partial charge in [-0.05, 0) is 20.8 Å². The van der Waals surface area contributed by atoms with Crippen LogP contribution in [0.4, 0.5) is 0 Å². The van der Waals surface area contributed by atoms with E-state index in [0.29, 0.717) is 18.9 Å². The maximum atomic E-state index is 6.28. The zero-order valence-corrected chi connectivity index (χ0v) is 13.0. The Labute approximate surface area is 126 Å². The Morgan fingerprint density at radius 3 is 2.86 bits per heavy atom. The molecule has 0 spiro atoms. The second-order valence-corrected chi connectivity index (χ2v) is 5.55. The molecule has 3 rings (SSSR count). The number of halogens is 1. The third-order valence-corrected chi connectivity index (χ3v) is 3.64. The van der Waals surface area contributed by atoms with Crippen molar-refractivity contribution in [2.75, 3.05) is 0 Å². The largest absolute Gasteiger partial charge is 0.340 e. The summed E-state index contributed by atoms with van der Waals surface area (Å²) in [6.45, 7) is 7.41. The molecule has 3 heterocycles. The minimum Gasteiger partial charge on any atom is -0.340 e. The number of nitrogens with zero attached hydrogens (tertiary/aromatic N) is 6. The molecule has 0 aromatic carbocycles. The maximum absolute atomic E-state index is 6.28. The molecular weight excluding hydrogens is 292 g/mol. The molecule has 1 unspecified atom stereocenters. The summed E-state index contributed by atoms with van der Waals surface area (Å²) in [5.41, 5.74) is 2.82. The number of fused-ring (bicyclic) bond motifs is 1. The fourth-order valence-electron chi connectivity index (χ4n) is 2.50. The van der Waals surface area contributed by atoms with Crippen LogP contribution in [-0.4, -0.2) is 29.5 Å². The molecule has 3 aromatic rings. The molecule has 0 bridgehead atoms. The summed E-state index contributed by atoms with van der Waals surface area (Å²) < 4.78 is 9.11. The third-order valence-electron chi connectivity index (χ3n) is 3.44. The Hall–Kier alpha value is -1.89. The van der Waals surface area contributed by atoms with Crippen molar-refractivity contribution in [1.29, 1.82) is 0 Å². The smallest absolute Gasteiger partial charge is 0.228 e. The summed E-state index contributed by atoms with van der Waals surface area (Å²) in [5, 5.41) is 7.96. The van der Waals surface area contributed by atoms with Crippen LogP contribution in [0.5, 0.6) is 0 Å². The van der Waals surface area contributed by atoms with Crippen molar-refractivity contribution in [3.63, 3.8) is 0 Å². The van der Waals surface area contributed by atoms with Gasteiger partial charge in [-0.25, -0.2) is 9.67 Å². The highest BCUT2D eigenvalue weighted by atomic mass is 35.5. The molecule has 0 amide bonds. The first-order valence-electron chi connectivity index (χ1n) is 6.95. The van der Waals surface area contributed by atoms with Crippen LogP contribution < -0.4 is 0 Å². The Bertz CT molecular complexity index is 742. The minimum absolute atomic E-state index is 0.176. The lowest BCUT2D eigenvalue weighted by Crippen LogP contribution is -2.11. The number of aromatic nitrogens is 6. The molecule has 0 aliphatic heterocycles. The van der Waals surface area contributed by atoms with Gasteiger partial charge in [-0.15, -0.1) is 11.6 Å². The van der Waals surface area contributed by atoms with Crippen LogP contribution in [0.2, 0.25) is 0 Å². The van der Waals surface area contributed by atoms with E-state index in [0.717, 1.165) is 29.2 Å². The summed E-state index contributed by atoms with van der Waals surface area (Å²) in [5.74, 6) is 1.44. The van der Waals surface area contributed by atoms with Gasteiger partial charge in [-0.2, -0.15) is 10.1 Å². The molecule has 0 fully saturated rings. The first kappa shape index (κ1) is 14.1. The van der Waals surface area contributed by atoms with E-state index in [-0.39, 0.29) is 5.38 Å². The Morgan fingerprint density at radius 2 is 2.24 bits per heavy atom. The molecule has 0 aliphatic carbocycles. The number of rotatable bonds is 5. The molecule has 0 saturated carbocycles. The molecular formula is C13H17ClN6O. The fraction of sp³-hybridized carbons (Fsp3) is 0.538. The molecule has 7 nitrogen and oxygen atoms in total. The van der Waals surface area contributed by atoms with Gasteiger partial charge in [0.2, 0.25) is 5.89 Å². The highest BCUT2D eigenvalue weighted by molar-refractivity contribution is 6.20. The predicted molar refractivity (Wildman–Crippen MR) is 78.2 cm³/mol. The lowest BCUT2D eigenvalue weighted by Gasteiger charge is -2.10. The number of alkyl halides is 1. The molecule has 21 heavy (non-hydrogen) atoms. The van der Waals surface area contributed by atoms with Gasteiger partial charge < -0.3 is 9.09 Å². The number of hydrogen-bond donors (Lipinski definition) is 0. The van der Waals surface area contributed by atoms with Gasteiger partial charge in [0.1, 0.15) is 11.3 Å². The molecule has 0 radical (unpaired) electrons. The first-order chi connectivity index (χ1) is 10.1. The molecule has 112 valence electrons. The quantitative estimate of drug-likeness (QED) is 0.677. The monoisotopic (exact) mass is 308 g/mol. The normalized spacial score (nSPS) is 13.1.